The molecule has 2 N–H and O–H groups in total. The van der Waals surface area contributed by atoms with Gasteiger partial charge in [0.05, 0.1) is 18.5 Å². The number of amides is 2. The number of piperidine rings is 1. The first-order valence-electron chi connectivity index (χ1n) is 9.21. The van der Waals surface area contributed by atoms with E-state index in [0.717, 1.165) is 6.42 Å². The van der Waals surface area contributed by atoms with Crippen molar-refractivity contribution < 1.29 is 24.2 Å². The maximum absolute atomic E-state index is 12.6. The Labute approximate surface area is 156 Å². The van der Waals surface area contributed by atoms with Crippen LogP contribution in [0.2, 0.25) is 0 Å². The Morgan fingerprint density at radius 1 is 1.27 bits per heavy atom. The second-order valence-electron chi connectivity index (χ2n) is 9.35. The minimum Gasteiger partial charge on any atom is -0.481 e. The number of alkyl carbamates (subject to hydrolysis) is 1. The predicted molar refractivity (Wildman–Crippen MR) is 98.8 cm³/mol. The zero-order chi connectivity index (χ0) is 20.3. The number of nitrogens with one attached hydrogen (secondary N) is 1. The lowest BCUT2D eigenvalue weighted by atomic mass is 9.78. The first-order chi connectivity index (χ1) is 11.7. The number of hydrogen-bond donors (Lipinski definition) is 2. The molecule has 1 unspecified atom stereocenters. The molecule has 0 aromatic carbocycles. The molecule has 1 aliphatic heterocycles. The number of likely N-dealkylation sites (tertiary alicyclic amines) is 1. The highest BCUT2D eigenvalue weighted by atomic mass is 16.6. The van der Waals surface area contributed by atoms with Crippen molar-refractivity contribution in [3.05, 3.63) is 0 Å². The molecule has 7 heteroatoms. The van der Waals surface area contributed by atoms with E-state index in [1.165, 1.54) is 0 Å². The van der Waals surface area contributed by atoms with E-state index in [9.17, 15) is 19.5 Å². The molecule has 1 heterocycles. The fourth-order valence-electron chi connectivity index (χ4n) is 3.49. The molecule has 0 aromatic rings. The van der Waals surface area contributed by atoms with E-state index in [2.05, 4.69) is 12.2 Å². The van der Waals surface area contributed by atoms with Crippen LogP contribution in [-0.4, -0.2) is 52.2 Å². The molecule has 1 aliphatic rings. The number of carbonyl (C=O) groups is 3. The summed E-state index contributed by atoms with van der Waals surface area (Å²) in [7, 11) is 0. The van der Waals surface area contributed by atoms with E-state index in [0.29, 0.717) is 18.9 Å². The molecule has 0 spiro atoms. The molecular formula is C19H34N2O5. The highest BCUT2D eigenvalue weighted by Gasteiger charge is 2.42. The third-order valence-electron chi connectivity index (χ3n) is 4.38. The van der Waals surface area contributed by atoms with Crippen LogP contribution in [-0.2, 0) is 14.3 Å². The fourth-order valence-corrected chi connectivity index (χ4v) is 3.49. The SMILES string of the molecule is C[C@H]1CCC(=O)N(C([C@H](CC(=O)O)NC(=O)OC(C)(C)C)C(C)(C)C)C1. The quantitative estimate of drug-likeness (QED) is 0.775. The maximum Gasteiger partial charge on any atom is 0.407 e. The van der Waals surface area contributed by atoms with Crippen LogP contribution < -0.4 is 5.32 Å². The summed E-state index contributed by atoms with van der Waals surface area (Å²) in [5.74, 6) is -0.688. The summed E-state index contributed by atoms with van der Waals surface area (Å²) in [6.45, 7) is 13.7. The minimum absolute atomic E-state index is 0.00408. The monoisotopic (exact) mass is 370 g/mol. The lowest BCUT2D eigenvalue weighted by Crippen LogP contribution is -2.61. The molecule has 0 aromatic heterocycles. The molecule has 7 nitrogen and oxygen atoms in total. The zero-order valence-electron chi connectivity index (χ0n) is 17.1. The van der Waals surface area contributed by atoms with Gasteiger partial charge in [-0.2, -0.15) is 0 Å². The van der Waals surface area contributed by atoms with Crippen molar-refractivity contribution in [2.24, 2.45) is 11.3 Å². The molecule has 0 radical (unpaired) electrons. The van der Waals surface area contributed by atoms with Crippen molar-refractivity contribution in [1.82, 2.24) is 10.2 Å². The van der Waals surface area contributed by atoms with Crippen LogP contribution in [0.3, 0.4) is 0 Å². The molecule has 26 heavy (non-hydrogen) atoms. The van der Waals surface area contributed by atoms with Crippen LogP contribution >= 0.6 is 0 Å². The second-order valence-corrected chi connectivity index (χ2v) is 9.35. The summed E-state index contributed by atoms with van der Waals surface area (Å²) in [6, 6.07) is -1.18. The number of carbonyl (C=O) groups excluding carboxylic acids is 2. The minimum atomic E-state index is -1.03. The lowest BCUT2D eigenvalue weighted by molar-refractivity contribution is -0.145. The third-order valence-corrected chi connectivity index (χ3v) is 4.38. The first kappa shape index (κ1) is 22.3. The maximum atomic E-state index is 12.6. The van der Waals surface area contributed by atoms with Crippen molar-refractivity contribution in [2.45, 2.75) is 85.4 Å². The Morgan fingerprint density at radius 3 is 2.31 bits per heavy atom. The van der Waals surface area contributed by atoms with Crippen LogP contribution in [0, 0.1) is 11.3 Å². The van der Waals surface area contributed by atoms with Crippen molar-refractivity contribution >= 4 is 18.0 Å². The van der Waals surface area contributed by atoms with Gasteiger partial charge in [-0.05, 0) is 38.5 Å². The Kier molecular flexibility index (Phi) is 7.08. The van der Waals surface area contributed by atoms with E-state index in [4.69, 9.17) is 4.74 Å². The number of rotatable bonds is 5. The van der Waals surface area contributed by atoms with Crippen LogP contribution in [0.1, 0.15) is 67.7 Å². The largest absolute Gasteiger partial charge is 0.481 e. The number of carboxylic acids is 1. The van der Waals surface area contributed by atoms with Crippen LogP contribution in [0.15, 0.2) is 0 Å². The predicted octanol–water partition coefficient (Wildman–Crippen LogP) is 3.03. The molecule has 3 atom stereocenters. The Morgan fingerprint density at radius 2 is 1.85 bits per heavy atom. The second kappa shape index (κ2) is 8.27. The van der Waals surface area contributed by atoms with Gasteiger partial charge in [0.2, 0.25) is 5.91 Å². The van der Waals surface area contributed by atoms with E-state index in [-0.39, 0.29) is 12.3 Å². The normalized spacial score (nSPS) is 21.1. The molecule has 1 saturated heterocycles. The lowest BCUT2D eigenvalue weighted by Gasteiger charge is -2.47. The summed E-state index contributed by atoms with van der Waals surface area (Å²) in [6.07, 6.45) is 0.324. The van der Waals surface area contributed by atoms with Gasteiger partial charge >= 0.3 is 12.1 Å². The average Bonchev–Trinajstić information content (AvgIpc) is 2.38. The molecule has 0 saturated carbocycles. The van der Waals surface area contributed by atoms with Gasteiger partial charge in [-0.25, -0.2) is 4.79 Å². The van der Waals surface area contributed by atoms with Crippen LogP contribution in [0.25, 0.3) is 0 Å². The number of hydrogen-bond acceptors (Lipinski definition) is 4. The van der Waals surface area contributed by atoms with E-state index < -0.39 is 35.2 Å². The third kappa shape index (κ3) is 6.84. The molecule has 150 valence electrons. The number of aliphatic carboxylic acids is 1. The van der Waals surface area contributed by atoms with Crippen LogP contribution in [0.5, 0.6) is 0 Å². The molecule has 1 rings (SSSR count). The van der Waals surface area contributed by atoms with E-state index in [1.807, 2.05) is 20.8 Å². The fraction of sp³-hybridized carbons (Fsp3) is 0.842. The molecule has 1 fully saturated rings. The first-order valence-corrected chi connectivity index (χ1v) is 9.21. The Balaban J connectivity index is 3.15. The average molecular weight is 370 g/mol. The number of nitrogens with zero attached hydrogens (tertiary/aromatic N) is 1. The number of ether oxygens (including phenoxy) is 1. The summed E-state index contributed by atoms with van der Waals surface area (Å²) >= 11 is 0. The molecule has 0 aliphatic carbocycles. The number of carboxylic acid groups (broad SMARTS) is 1. The highest BCUT2D eigenvalue weighted by molar-refractivity contribution is 5.78. The highest BCUT2D eigenvalue weighted by Crippen LogP contribution is 2.32. The summed E-state index contributed by atoms with van der Waals surface area (Å²) in [5, 5.41) is 12.1. The van der Waals surface area contributed by atoms with Gasteiger partial charge in [0.25, 0.3) is 0 Å². The van der Waals surface area contributed by atoms with Gasteiger partial charge in [-0.1, -0.05) is 27.7 Å². The van der Waals surface area contributed by atoms with Gasteiger partial charge < -0.3 is 20.1 Å². The summed E-state index contributed by atoms with van der Waals surface area (Å²) in [5.41, 5.74) is -1.10. The molecule has 0 bridgehead atoms. The van der Waals surface area contributed by atoms with E-state index in [1.54, 1.807) is 25.7 Å². The van der Waals surface area contributed by atoms with Gasteiger partial charge in [0.15, 0.2) is 0 Å². The zero-order valence-corrected chi connectivity index (χ0v) is 17.1. The van der Waals surface area contributed by atoms with Crippen molar-refractivity contribution in [1.29, 1.82) is 0 Å². The van der Waals surface area contributed by atoms with Crippen molar-refractivity contribution in [3.8, 4) is 0 Å². The van der Waals surface area contributed by atoms with Gasteiger partial charge in [-0.15, -0.1) is 0 Å². The summed E-state index contributed by atoms with van der Waals surface area (Å²) < 4.78 is 5.30. The van der Waals surface area contributed by atoms with E-state index >= 15 is 0 Å². The van der Waals surface area contributed by atoms with Crippen LogP contribution in [0.4, 0.5) is 4.79 Å². The summed E-state index contributed by atoms with van der Waals surface area (Å²) in [4.78, 5) is 38.0. The standard InChI is InChI=1S/C19H34N2O5/c1-12-8-9-14(22)21(11-12)16(18(2,3)4)13(10-15(23)24)20-17(25)26-19(5,6)7/h12-13,16H,8-11H2,1-7H3,(H,20,25)(H,23,24)/t12-,13-,16?/m0/s1. The van der Waals surface area contributed by atoms with Gasteiger partial charge in [0.1, 0.15) is 5.60 Å². The van der Waals surface area contributed by atoms with Gasteiger partial charge in [-0.3, -0.25) is 9.59 Å². The Bertz CT molecular complexity index is 533. The van der Waals surface area contributed by atoms with Crippen molar-refractivity contribution in [3.63, 3.8) is 0 Å². The molecular weight excluding hydrogens is 336 g/mol. The van der Waals surface area contributed by atoms with Gasteiger partial charge in [0, 0.05) is 13.0 Å². The van der Waals surface area contributed by atoms with Crippen molar-refractivity contribution in [2.75, 3.05) is 6.54 Å². The topological polar surface area (TPSA) is 95.9 Å². The molecule has 2 amide bonds. The smallest absolute Gasteiger partial charge is 0.407 e. The Hall–Kier alpha value is -1.79.